The first-order valence-electron chi connectivity index (χ1n) is 10.2. The molecule has 2 amide bonds. The Kier molecular flexibility index (Phi) is 7.65. The lowest BCUT2D eigenvalue weighted by Crippen LogP contribution is -2.30. The SMILES string of the molecule is CC(C)NC(=O)c1ccc(NC(=O)CNc2ccc(OCc3ccccc3)cc2)cc1. The van der Waals surface area contributed by atoms with Crippen LogP contribution in [0.5, 0.6) is 5.75 Å². The fourth-order valence-corrected chi connectivity index (χ4v) is 2.85. The second kappa shape index (κ2) is 10.8. The van der Waals surface area contributed by atoms with E-state index in [1.807, 2.05) is 68.4 Å². The van der Waals surface area contributed by atoms with Crippen molar-refractivity contribution >= 4 is 23.2 Å². The minimum Gasteiger partial charge on any atom is -0.489 e. The monoisotopic (exact) mass is 417 g/mol. The molecule has 6 heteroatoms. The fourth-order valence-electron chi connectivity index (χ4n) is 2.85. The van der Waals surface area contributed by atoms with Gasteiger partial charge in [0.15, 0.2) is 0 Å². The highest BCUT2D eigenvalue weighted by molar-refractivity contribution is 5.96. The van der Waals surface area contributed by atoms with E-state index in [4.69, 9.17) is 4.74 Å². The lowest BCUT2D eigenvalue weighted by molar-refractivity contribution is -0.114. The van der Waals surface area contributed by atoms with E-state index < -0.39 is 0 Å². The van der Waals surface area contributed by atoms with Crippen molar-refractivity contribution in [3.05, 3.63) is 90.0 Å². The van der Waals surface area contributed by atoms with Crippen LogP contribution in [0.2, 0.25) is 0 Å². The first-order chi connectivity index (χ1) is 15.0. The predicted octanol–water partition coefficient (Wildman–Crippen LogP) is 4.45. The van der Waals surface area contributed by atoms with Crippen LogP contribution in [0.3, 0.4) is 0 Å². The maximum absolute atomic E-state index is 12.2. The Labute approximate surface area is 182 Å². The number of anilines is 2. The molecule has 3 aromatic rings. The predicted molar refractivity (Wildman–Crippen MR) is 123 cm³/mol. The summed E-state index contributed by atoms with van der Waals surface area (Å²) in [4.78, 5) is 24.2. The second-order valence-corrected chi connectivity index (χ2v) is 7.41. The van der Waals surface area contributed by atoms with Crippen LogP contribution in [-0.4, -0.2) is 24.4 Å². The molecule has 0 fully saturated rings. The number of carbonyl (C=O) groups is 2. The zero-order chi connectivity index (χ0) is 22.1. The van der Waals surface area contributed by atoms with Crippen LogP contribution in [0.15, 0.2) is 78.9 Å². The number of carbonyl (C=O) groups excluding carboxylic acids is 2. The molecule has 0 saturated heterocycles. The van der Waals surface area contributed by atoms with Gasteiger partial charge in [-0.15, -0.1) is 0 Å². The smallest absolute Gasteiger partial charge is 0.251 e. The van der Waals surface area contributed by atoms with Gasteiger partial charge in [-0.25, -0.2) is 0 Å². The third-order valence-electron chi connectivity index (χ3n) is 4.41. The molecule has 0 bridgehead atoms. The molecule has 3 rings (SSSR count). The summed E-state index contributed by atoms with van der Waals surface area (Å²) in [5.41, 5.74) is 3.12. The lowest BCUT2D eigenvalue weighted by Gasteiger charge is -2.11. The van der Waals surface area contributed by atoms with E-state index in [-0.39, 0.29) is 24.4 Å². The molecule has 0 spiro atoms. The fraction of sp³-hybridized carbons (Fsp3) is 0.200. The van der Waals surface area contributed by atoms with Crippen LogP contribution >= 0.6 is 0 Å². The van der Waals surface area contributed by atoms with Gasteiger partial charge >= 0.3 is 0 Å². The van der Waals surface area contributed by atoms with E-state index in [1.165, 1.54) is 0 Å². The number of hydrogen-bond acceptors (Lipinski definition) is 4. The van der Waals surface area contributed by atoms with Crippen molar-refractivity contribution < 1.29 is 14.3 Å². The maximum Gasteiger partial charge on any atom is 0.251 e. The average Bonchev–Trinajstić information content (AvgIpc) is 2.78. The summed E-state index contributed by atoms with van der Waals surface area (Å²) in [5, 5.41) is 8.73. The van der Waals surface area contributed by atoms with Gasteiger partial charge in [-0.1, -0.05) is 30.3 Å². The zero-order valence-electron chi connectivity index (χ0n) is 17.7. The van der Waals surface area contributed by atoms with Gasteiger partial charge in [0.25, 0.3) is 5.91 Å². The molecule has 0 aliphatic heterocycles. The molecule has 3 aromatic carbocycles. The van der Waals surface area contributed by atoms with Crippen molar-refractivity contribution in [1.82, 2.24) is 5.32 Å². The summed E-state index contributed by atoms with van der Waals surface area (Å²) < 4.78 is 5.76. The molecule has 6 nitrogen and oxygen atoms in total. The molecule has 0 unspecified atom stereocenters. The molecule has 0 aliphatic rings. The van der Waals surface area contributed by atoms with Gasteiger partial charge in [-0.3, -0.25) is 9.59 Å². The van der Waals surface area contributed by atoms with Crippen LogP contribution in [0.1, 0.15) is 29.8 Å². The number of benzene rings is 3. The van der Waals surface area contributed by atoms with Crippen LogP contribution in [0.25, 0.3) is 0 Å². The molecule has 0 saturated carbocycles. The Hall–Kier alpha value is -3.80. The summed E-state index contributed by atoms with van der Waals surface area (Å²) in [6.45, 7) is 4.45. The second-order valence-electron chi connectivity index (χ2n) is 7.41. The van der Waals surface area contributed by atoms with Gasteiger partial charge in [-0.05, 0) is 67.9 Å². The Balaban J connectivity index is 1.43. The molecule has 3 N–H and O–H groups in total. The van der Waals surface area contributed by atoms with E-state index in [0.717, 1.165) is 17.0 Å². The van der Waals surface area contributed by atoms with E-state index >= 15 is 0 Å². The molecular weight excluding hydrogens is 390 g/mol. The third-order valence-corrected chi connectivity index (χ3v) is 4.41. The number of rotatable bonds is 9. The Bertz CT molecular complexity index is 985. The zero-order valence-corrected chi connectivity index (χ0v) is 17.7. The minimum atomic E-state index is -0.177. The van der Waals surface area contributed by atoms with Gasteiger partial charge < -0.3 is 20.7 Å². The van der Waals surface area contributed by atoms with Gasteiger partial charge in [0.2, 0.25) is 5.91 Å². The average molecular weight is 418 g/mol. The number of hydrogen-bond donors (Lipinski definition) is 3. The number of ether oxygens (including phenoxy) is 1. The van der Waals surface area contributed by atoms with Crippen molar-refractivity contribution in [2.75, 3.05) is 17.2 Å². The third kappa shape index (κ3) is 7.19. The summed E-state index contributed by atoms with van der Waals surface area (Å²) >= 11 is 0. The topological polar surface area (TPSA) is 79.5 Å². The molecule has 0 aromatic heterocycles. The maximum atomic E-state index is 12.2. The van der Waals surface area contributed by atoms with Crippen LogP contribution in [0.4, 0.5) is 11.4 Å². The summed E-state index contributed by atoms with van der Waals surface area (Å²) in [5.74, 6) is 0.454. The minimum absolute atomic E-state index is 0.0717. The summed E-state index contributed by atoms with van der Waals surface area (Å²) in [6.07, 6.45) is 0. The van der Waals surface area contributed by atoms with Gasteiger partial charge in [0, 0.05) is 23.0 Å². The van der Waals surface area contributed by atoms with Crippen molar-refractivity contribution in [2.45, 2.75) is 26.5 Å². The van der Waals surface area contributed by atoms with E-state index in [9.17, 15) is 9.59 Å². The highest BCUT2D eigenvalue weighted by atomic mass is 16.5. The highest BCUT2D eigenvalue weighted by Gasteiger charge is 2.08. The molecule has 0 atom stereocenters. The number of amides is 2. The summed E-state index contributed by atoms with van der Waals surface area (Å²) in [6, 6.07) is 24.3. The van der Waals surface area contributed by atoms with Crippen molar-refractivity contribution in [2.24, 2.45) is 0 Å². The molecular formula is C25H27N3O3. The molecule has 0 heterocycles. The standard InChI is InChI=1S/C25H27N3O3/c1-18(2)27-25(30)20-8-10-22(11-9-20)28-24(29)16-26-21-12-14-23(15-13-21)31-17-19-6-4-3-5-7-19/h3-15,18,26H,16-17H2,1-2H3,(H,27,30)(H,28,29). The van der Waals surface area contributed by atoms with E-state index in [1.54, 1.807) is 24.3 Å². The normalized spacial score (nSPS) is 10.4. The van der Waals surface area contributed by atoms with Crippen LogP contribution < -0.4 is 20.7 Å². The van der Waals surface area contributed by atoms with Gasteiger partial charge in [0.1, 0.15) is 12.4 Å². The lowest BCUT2D eigenvalue weighted by atomic mass is 10.2. The highest BCUT2D eigenvalue weighted by Crippen LogP contribution is 2.17. The van der Waals surface area contributed by atoms with Crippen molar-refractivity contribution in [3.8, 4) is 5.75 Å². The molecule has 0 radical (unpaired) electrons. The Morgan fingerprint density at radius 1 is 0.839 bits per heavy atom. The Morgan fingerprint density at radius 2 is 1.48 bits per heavy atom. The largest absolute Gasteiger partial charge is 0.489 e. The molecule has 160 valence electrons. The van der Waals surface area contributed by atoms with Crippen molar-refractivity contribution in [1.29, 1.82) is 0 Å². The first-order valence-corrected chi connectivity index (χ1v) is 10.2. The van der Waals surface area contributed by atoms with Gasteiger partial charge in [0.05, 0.1) is 6.54 Å². The first kappa shape index (κ1) is 21.9. The van der Waals surface area contributed by atoms with Crippen LogP contribution in [0, 0.1) is 0 Å². The van der Waals surface area contributed by atoms with E-state index in [0.29, 0.717) is 17.9 Å². The summed E-state index contributed by atoms with van der Waals surface area (Å²) in [7, 11) is 0. The van der Waals surface area contributed by atoms with Crippen molar-refractivity contribution in [3.63, 3.8) is 0 Å². The van der Waals surface area contributed by atoms with Gasteiger partial charge in [-0.2, -0.15) is 0 Å². The van der Waals surface area contributed by atoms with Crippen LogP contribution in [-0.2, 0) is 11.4 Å². The molecule has 31 heavy (non-hydrogen) atoms. The number of nitrogens with one attached hydrogen (secondary N) is 3. The quantitative estimate of drug-likeness (QED) is 0.480. The molecule has 0 aliphatic carbocycles. The van der Waals surface area contributed by atoms with E-state index in [2.05, 4.69) is 16.0 Å². The Morgan fingerprint density at radius 3 is 2.13 bits per heavy atom.